The van der Waals surface area contributed by atoms with E-state index in [0.29, 0.717) is 16.1 Å². The molecule has 1 saturated carbocycles. The van der Waals surface area contributed by atoms with Crippen LogP contribution in [-0.2, 0) is 4.79 Å². The van der Waals surface area contributed by atoms with E-state index in [4.69, 9.17) is 23.2 Å². The van der Waals surface area contributed by atoms with Gasteiger partial charge in [0.1, 0.15) is 0 Å². The molecule has 116 valence electrons. The standard InChI is InChI=1S/C15H18Cl2N2O.ClH/c1-19(12-2-3-18-8-12)15(20)14-7-13(14)9-4-10(16)6-11(17)5-9;/h4-6,12-14,18H,2-3,7-8H2,1H3;1H. The summed E-state index contributed by atoms with van der Waals surface area (Å²) in [6, 6.07) is 5.90. The van der Waals surface area contributed by atoms with Crippen LogP contribution in [0.25, 0.3) is 0 Å². The summed E-state index contributed by atoms with van der Waals surface area (Å²) in [5.74, 6) is 0.616. The normalized spacial score (nSPS) is 27.1. The van der Waals surface area contributed by atoms with E-state index in [9.17, 15) is 4.79 Å². The molecule has 0 spiro atoms. The first kappa shape index (κ1) is 16.9. The van der Waals surface area contributed by atoms with Gasteiger partial charge in [0.25, 0.3) is 0 Å². The Hall–Kier alpha value is -0.480. The summed E-state index contributed by atoms with van der Waals surface area (Å²) >= 11 is 12.1. The number of carbonyl (C=O) groups is 1. The Kier molecular flexibility index (Phi) is 5.42. The van der Waals surface area contributed by atoms with Crippen LogP contribution in [0.15, 0.2) is 18.2 Å². The van der Waals surface area contributed by atoms with Gasteiger partial charge in [-0.05, 0) is 49.1 Å². The minimum Gasteiger partial charge on any atom is -0.341 e. The average molecular weight is 350 g/mol. The van der Waals surface area contributed by atoms with Gasteiger partial charge in [-0.25, -0.2) is 0 Å². The maximum absolute atomic E-state index is 12.5. The lowest BCUT2D eigenvalue weighted by Gasteiger charge is -2.24. The van der Waals surface area contributed by atoms with Gasteiger partial charge in [-0.3, -0.25) is 4.79 Å². The molecule has 3 unspecified atom stereocenters. The van der Waals surface area contributed by atoms with Gasteiger partial charge in [-0.15, -0.1) is 12.4 Å². The van der Waals surface area contributed by atoms with Crippen molar-refractivity contribution in [1.82, 2.24) is 10.2 Å². The van der Waals surface area contributed by atoms with Crippen molar-refractivity contribution in [3.63, 3.8) is 0 Å². The third-order valence-electron chi connectivity index (χ3n) is 4.35. The summed E-state index contributed by atoms with van der Waals surface area (Å²) in [6.45, 7) is 1.91. The van der Waals surface area contributed by atoms with Crippen molar-refractivity contribution in [3.8, 4) is 0 Å². The lowest BCUT2D eigenvalue weighted by molar-refractivity contribution is -0.133. The number of likely N-dealkylation sites (N-methyl/N-ethyl adjacent to an activating group) is 1. The third kappa shape index (κ3) is 3.65. The third-order valence-corrected chi connectivity index (χ3v) is 4.79. The zero-order valence-corrected chi connectivity index (χ0v) is 14.1. The van der Waals surface area contributed by atoms with Crippen LogP contribution in [0.1, 0.15) is 24.3 Å². The Morgan fingerprint density at radius 2 is 1.95 bits per heavy atom. The molecule has 3 atom stereocenters. The predicted octanol–water partition coefficient (Wildman–Crippen LogP) is 3.34. The van der Waals surface area contributed by atoms with E-state index < -0.39 is 0 Å². The molecule has 1 heterocycles. The maximum atomic E-state index is 12.5. The molecule has 0 aromatic heterocycles. The number of hydrogen-bond donors (Lipinski definition) is 1. The molecule has 3 rings (SSSR count). The smallest absolute Gasteiger partial charge is 0.226 e. The first-order valence-corrected chi connectivity index (χ1v) is 7.75. The van der Waals surface area contributed by atoms with Crippen LogP contribution in [0.3, 0.4) is 0 Å². The van der Waals surface area contributed by atoms with Crippen molar-refractivity contribution in [2.45, 2.75) is 24.8 Å². The van der Waals surface area contributed by atoms with Gasteiger partial charge >= 0.3 is 0 Å². The van der Waals surface area contributed by atoms with E-state index in [2.05, 4.69) is 5.32 Å². The number of nitrogens with one attached hydrogen (secondary N) is 1. The second-order valence-electron chi connectivity index (χ2n) is 5.75. The number of hydrogen-bond acceptors (Lipinski definition) is 2. The lowest BCUT2D eigenvalue weighted by Crippen LogP contribution is -2.39. The average Bonchev–Trinajstić information content (AvgIpc) is 3.02. The maximum Gasteiger partial charge on any atom is 0.226 e. The second-order valence-corrected chi connectivity index (χ2v) is 6.62. The Morgan fingerprint density at radius 1 is 1.29 bits per heavy atom. The first-order chi connectivity index (χ1) is 9.56. The summed E-state index contributed by atoms with van der Waals surface area (Å²) in [5, 5.41) is 4.57. The molecule has 6 heteroatoms. The Balaban J connectivity index is 0.00000161. The highest BCUT2D eigenvalue weighted by Crippen LogP contribution is 2.49. The van der Waals surface area contributed by atoms with E-state index in [1.807, 2.05) is 24.1 Å². The van der Waals surface area contributed by atoms with Crippen molar-refractivity contribution in [3.05, 3.63) is 33.8 Å². The van der Waals surface area contributed by atoms with Crippen molar-refractivity contribution in [2.24, 2.45) is 5.92 Å². The van der Waals surface area contributed by atoms with Gasteiger partial charge in [0.15, 0.2) is 0 Å². The van der Waals surface area contributed by atoms with Crippen LogP contribution in [0.4, 0.5) is 0 Å². The Morgan fingerprint density at radius 3 is 2.52 bits per heavy atom. The van der Waals surface area contributed by atoms with Gasteiger partial charge < -0.3 is 10.2 Å². The topological polar surface area (TPSA) is 32.3 Å². The van der Waals surface area contributed by atoms with E-state index in [-0.39, 0.29) is 30.2 Å². The highest BCUT2D eigenvalue weighted by atomic mass is 35.5. The minimum atomic E-state index is 0. The highest BCUT2D eigenvalue weighted by Gasteiger charge is 2.46. The number of rotatable bonds is 3. The SMILES string of the molecule is CN(C(=O)C1CC1c1cc(Cl)cc(Cl)c1)C1CCNC1.Cl. The quantitative estimate of drug-likeness (QED) is 0.907. The number of amides is 1. The van der Waals surface area contributed by atoms with Gasteiger partial charge in [0.05, 0.1) is 0 Å². The molecule has 0 radical (unpaired) electrons. The molecule has 2 aliphatic rings. The zero-order valence-electron chi connectivity index (χ0n) is 11.8. The van der Waals surface area contributed by atoms with Gasteiger partial charge in [0.2, 0.25) is 5.91 Å². The molecular formula is C15H19Cl3N2O. The zero-order chi connectivity index (χ0) is 14.3. The van der Waals surface area contributed by atoms with Gasteiger partial charge in [0, 0.05) is 35.6 Å². The van der Waals surface area contributed by atoms with E-state index in [0.717, 1.165) is 31.5 Å². The van der Waals surface area contributed by atoms with E-state index in [1.54, 1.807) is 6.07 Å². The molecular weight excluding hydrogens is 331 g/mol. The molecule has 1 amide bonds. The highest BCUT2D eigenvalue weighted by molar-refractivity contribution is 6.34. The van der Waals surface area contributed by atoms with Crippen LogP contribution in [0.2, 0.25) is 10.0 Å². The fraction of sp³-hybridized carbons (Fsp3) is 0.533. The summed E-state index contributed by atoms with van der Waals surface area (Å²) in [7, 11) is 1.92. The number of nitrogens with zero attached hydrogens (tertiary/aromatic N) is 1. The molecule has 1 aromatic rings. The molecule has 1 saturated heterocycles. The first-order valence-electron chi connectivity index (χ1n) is 6.99. The van der Waals surface area contributed by atoms with Crippen LogP contribution >= 0.6 is 35.6 Å². The summed E-state index contributed by atoms with van der Waals surface area (Å²) in [4.78, 5) is 14.4. The van der Waals surface area contributed by atoms with E-state index >= 15 is 0 Å². The van der Waals surface area contributed by atoms with Gasteiger partial charge in [-0.1, -0.05) is 23.2 Å². The van der Waals surface area contributed by atoms with Crippen molar-refractivity contribution < 1.29 is 4.79 Å². The van der Waals surface area contributed by atoms with Crippen LogP contribution in [0.5, 0.6) is 0 Å². The molecule has 0 bridgehead atoms. The molecule has 1 aliphatic carbocycles. The predicted molar refractivity (Wildman–Crippen MR) is 88.6 cm³/mol. The summed E-state index contributed by atoms with van der Waals surface area (Å²) in [5.41, 5.74) is 1.08. The Bertz CT molecular complexity index is 511. The number of benzene rings is 1. The molecule has 1 aromatic carbocycles. The second kappa shape index (κ2) is 6.74. The van der Waals surface area contributed by atoms with Gasteiger partial charge in [-0.2, -0.15) is 0 Å². The molecule has 3 nitrogen and oxygen atoms in total. The fourth-order valence-electron chi connectivity index (χ4n) is 3.04. The molecule has 2 fully saturated rings. The lowest BCUT2D eigenvalue weighted by atomic mass is 10.1. The summed E-state index contributed by atoms with van der Waals surface area (Å²) in [6.07, 6.45) is 1.95. The fourth-order valence-corrected chi connectivity index (χ4v) is 3.58. The number of carbonyl (C=O) groups excluding carboxylic acids is 1. The minimum absolute atomic E-state index is 0. The van der Waals surface area contributed by atoms with Crippen molar-refractivity contribution >= 4 is 41.5 Å². The van der Waals surface area contributed by atoms with Crippen LogP contribution < -0.4 is 5.32 Å². The summed E-state index contributed by atoms with van der Waals surface area (Å²) < 4.78 is 0. The monoisotopic (exact) mass is 348 g/mol. The molecule has 21 heavy (non-hydrogen) atoms. The number of halogens is 3. The van der Waals surface area contributed by atoms with Crippen molar-refractivity contribution in [1.29, 1.82) is 0 Å². The van der Waals surface area contributed by atoms with Crippen LogP contribution in [0, 0.1) is 5.92 Å². The Labute approximate surface area is 141 Å². The van der Waals surface area contributed by atoms with Crippen molar-refractivity contribution in [2.75, 3.05) is 20.1 Å². The molecule has 1 N–H and O–H groups in total. The molecule has 1 aliphatic heterocycles. The largest absolute Gasteiger partial charge is 0.341 e. The van der Waals surface area contributed by atoms with E-state index in [1.165, 1.54) is 0 Å². The van der Waals surface area contributed by atoms with Crippen LogP contribution in [-0.4, -0.2) is 37.0 Å².